The highest BCUT2D eigenvalue weighted by Crippen LogP contribution is 2.38. The van der Waals surface area contributed by atoms with Gasteiger partial charge in [-0.25, -0.2) is 0 Å². The van der Waals surface area contributed by atoms with Gasteiger partial charge in [0, 0.05) is 6.92 Å². The molecule has 1 amide bonds. The minimum absolute atomic E-state index is 0.878. The van der Waals surface area contributed by atoms with Crippen molar-refractivity contribution in [3.8, 4) is 0 Å². The van der Waals surface area contributed by atoms with E-state index in [1.165, 1.54) is 6.92 Å². The zero-order chi connectivity index (χ0) is 50.9. The standard InChI is InChI=1S/C38H65NO30/c1-8-16(46)20(50)25(55)35(59-8)69-32-31(68-36-26(56)21(51)17(47)10(3-40)62-36)19(49)12(5-42)63-38(32)67-30-15(39-9(2)45)34(61-11(4-41)18(30)48)65-29-14(7-44)64-37(27(57)23(29)53)66-28-13(6-43)60-33(58)24(54)22(28)52/h8,10-38,40-44,46-58H,3-7H2,1-2H3,(H,39,45)/t8-,10+,11+,12+,13+,14+,15+,16+,17-,18-,19-,20+,21-,22+,23+,24+,25-,26+,27+,28+,29-,30+,31-,32+,33+,34-,35-,36+,37-,38-/m0/s1. The van der Waals surface area contributed by atoms with Crippen molar-refractivity contribution in [1.29, 1.82) is 0 Å². The van der Waals surface area contributed by atoms with Crippen LogP contribution in [0.25, 0.3) is 0 Å². The fourth-order valence-corrected chi connectivity index (χ4v) is 8.83. The minimum atomic E-state index is -2.15. The number of carbonyl (C=O) groups excluding carboxylic acids is 1. The Hall–Kier alpha value is -1.69. The average molecular weight is 1020 g/mol. The molecule has 0 unspecified atom stereocenters. The molecule has 6 fully saturated rings. The van der Waals surface area contributed by atoms with Crippen LogP contribution < -0.4 is 5.32 Å². The molecule has 6 saturated heterocycles. The van der Waals surface area contributed by atoms with Crippen molar-refractivity contribution in [2.75, 3.05) is 33.0 Å². The molecule has 30 atom stereocenters. The number of aliphatic hydroxyl groups excluding tert-OH is 18. The molecule has 0 aromatic rings. The van der Waals surface area contributed by atoms with Crippen LogP contribution in [0.15, 0.2) is 0 Å². The fraction of sp³-hybridized carbons (Fsp3) is 0.974. The van der Waals surface area contributed by atoms with Gasteiger partial charge in [0.15, 0.2) is 37.7 Å². The Morgan fingerprint density at radius 1 is 0.377 bits per heavy atom. The Morgan fingerprint density at radius 2 is 0.754 bits per heavy atom. The third-order valence-corrected chi connectivity index (χ3v) is 12.8. The lowest BCUT2D eigenvalue weighted by Crippen LogP contribution is -2.71. The van der Waals surface area contributed by atoms with E-state index in [4.69, 9.17) is 52.1 Å². The molecule has 402 valence electrons. The van der Waals surface area contributed by atoms with E-state index in [0.717, 1.165) is 6.92 Å². The van der Waals surface area contributed by atoms with Gasteiger partial charge in [-0.2, -0.15) is 0 Å². The van der Waals surface area contributed by atoms with Gasteiger partial charge in [0.25, 0.3) is 0 Å². The van der Waals surface area contributed by atoms with Gasteiger partial charge in [-0.1, -0.05) is 0 Å². The molecule has 0 bridgehead atoms. The van der Waals surface area contributed by atoms with Crippen molar-refractivity contribution < 1.29 is 149 Å². The Labute approximate surface area is 390 Å². The SMILES string of the molecule is CC(=O)N[C@H]1[C@H](O[C@@H]2[C@H](O)[C@@H](O)[C@H](O[C@H]3[C@H](O)[C@@H](O)[C@H](O)O[C@@H]3CO)O[C@@H]2CO)O[C@H](CO)[C@H](O)[C@@H]1O[C@@H]1O[C@H](CO)[C@H](O)[C@H](O[C@H]2O[C@H](CO)[C@H](O)[C@H](O)[C@H]2O)[C@H]1O[C@@H]1O[C@@H](C)[C@@H](O)[C@@H](O)[C@@H]1O. The largest absolute Gasteiger partial charge is 0.394 e. The topological polar surface area (TPSA) is 495 Å². The van der Waals surface area contributed by atoms with Gasteiger partial charge in [0.2, 0.25) is 5.91 Å². The van der Waals surface area contributed by atoms with E-state index in [2.05, 4.69) is 5.32 Å². The second kappa shape index (κ2) is 24.1. The number of hydrogen-bond donors (Lipinski definition) is 19. The molecule has 0 aliphatic carbocycles. The fourth-order valence-electron chi connectivity index (χ4n) is 8.83. The summed E-state index contributed by atoms with van der Waals surface area (Å²) in [6.45, 7) is -2.64. The van der Waals surface area contributed by atoms with Crippen molar-refractivity contribution in [2.24, 2.45) is 0 Å². The van der Waals surface area contributed by atoms with E-state index < -0.39 is 223 Å². The molecule has 69 heavy (non-hydrogen) atoms. The van der Waals surface area contributed by atoms with E-state index in [1.807, 2.05) is 0 Å². The Kier molecular flexibility index (Phi) is 19.8. The smallest absolute Gasteiger partial charge is 0.217 e. The molecule has 0 radical (unpaired) electrons. The third-order valence-electron chi connectivity index (χ3n) is 12.8. The third kappa shape index (κ3) is 11.8. The molecule has 31 nitrogen and oxygen atoms in total. The number of rotatable bonds is 16. The maximum Gasteiger partial charge on any atom is 0.217 e. The number of hydrogen-bond acceptors (Lipinski definition) is 30. The predicted octanol–water partition coefficient (Wildman–Crippen LogP) is -12.9. The van der Waals surface area contributed by atoms with Crippen LogP contribution in [0.4, 0.5) is 0 Å². The number of ether oxygens (including phenoxy) is 11. The molecule has 0 spiro atoms. The highest BCUT2D eigenvalue weighted by molar-refractivity contribution is 5.73. The molecule has 6 rings (SSSR count). The summed E-state index contributed by atoms with van der Waals surface area (Å²) < 4.78 is 63.3. The first-order valence-corrected chi connectivity index (χ1v) is 22.0. The first-order chi connectivity index (χ1) is 32.6. The van der Waals surface area contributed by atoms with E-state index >= 15 is 0 Å². The van der Waals surface area contributed by atoms with Gasteiger partial charge < -0.3 is 149 Å². The van der Waals surface area contributed by atoms with Crippen molar-refractivity contribution in [1.82, 2.24) is 5.32 Å². The van der Waals surface area contributed by atoms with Crippen molar-refractivity contribution >= 4 is 5.91 Å². The molecule has 0 aromatic heterocycles. The second-order valence-corrected chi connectivity index (χ2v) is 17.5. The summed E-state index contributed by atoms with van der Waals surface area (Å²) >= 11 is 0. The molecule has 6 heterocycles. The summed E-state index contributed by atoms with van der Waals surface area (Å²) in [6, 6.07) is -1.81. The van der Waals surface area contributed by atoms with Crippen LogP contribution in [0.2, 0.25) is 0 Å². The minimum Gasteiger partial charge on any atom is -0.394 e. The summed E-state index contributed by atoms with van der Waals surface area (Å²) in [6.07, 6.45) is -55.2. The van der Waals surface area contributed by atoms with Gasteiger partial charge in [-0.3, -0.25) is 4.79 Å². The van der Waals surface area contributed by atoms with Crippen LogP contribution in [0, 0.1) is 0 Å². The van der Waals surface area contributed by atoms with E-state index in [-0.39, 0.29) is 0 Å². The number of aliphatic hydroxyl groups is 18. The molecule has 0 aromatic carbocycles. The van der Waals surface area contributed by atoms with Crippen LogP contribution >= 0.6 is 0 Å². The Balaban J connectivity index is 1.32. The summed E-state index contributed by atoms with van der Waals surface area (Å²) in [5.74, 6) is -0.878. The number of nitrogens with one attached hydrogen (secondary N) is 1. The van der Waals surface area contributed by atoms with Crippen molar-refractivity contribution in [2.45, 2.75) is 198 Å². The van der Waals surface area contributed by atoms with Crippen LogP contribution in [0.1, 0.15) is 13.8 Å². The lowest BCUT2D eigenvalue weighted by molar-refractivity contribution is -0.404. The van der Waals surface area contributed by atoms with Crippen LogP contribution in [-0.4, -0.2) is 315 Å². The van der Waals surface area contributed by atoms with E-state index in [0.29, 0.717) is 0 Å². The molecule has 6 aliphatic rings. The summed E-state index contributed by atoms with van der Waals surface area (Å²) in [5, 5.41) is 194. The molecule has 31 heteroatoms. The predicted molar refractivity (Wildman–Crippen MR) is 209 cm³/mol. The van der Waals surface area contributed by atoms with Gasteiger partial charge in [0.1, 0.15) is 140 Å². The highest BCUT2D eigenvalue weighted by Gasteiger charge is 2.58. The van der Waals surface area contributed by atoms with Gasteiger partial charge in [-0.05, 0) is 6.92 Å². The lowest BCUT2D eigenvalue weighted by Gasteiger charge is -2.51. The van der Waals surface area contributed by atoms with Crippen LogP contribution in [0.3, 0.4) is 0 Å². The Bertz CT molecular complexity index is 1610. The zero-order valence-electron chi connectivity index (χ0n) is 36.8. The van der Waals surface area contributed by atoms with Crippen LogP contribution in [0.5, 0.6) is 0 Å². The first kappa shape index (κ1) is 56.6. The van der Waals surface area contributed by atoms with E-state index in [9.17, 15) is 96.7 Å². The summed E-state index contributed by atoms with van der Waals surface area (Å²) in [7, 11) is 0. The maximum atomic E-state index is 12.8. The lowest BCUT2D eigenvalue weighted by atomic mass is 9.94. The zero-order valence-corrected chi connectivity index (χ0v) is 36.8. The quantitative estimate of drug-likeness (QED) is 0.0682. The molecule has 6 aliphatic heterocycles. The molecular formula is C38H65NO30. The maximum absolute atomic E-state index is 12.8. The number of amides is 1. The molecule has 19 N–H and O–H groups in total. The van der Waals surface area contributed by atoms with Crippen LogP contribution in [-0.2, 0) is 56.9 Å². The highest BCUT2D eigenvalue weighted by atomic mass is 16.8. The van der Waals surface area contributed by atoms with Gasteiger partial charge in [0.05, 0.1) is 39.1 Å². The summed E-state index contributed by atoms with van der Waals surface area (Å²) in [5.41, 5.74) is 0. The molecule has 0 saturated carbocycles. The number of carbonyl (C=O) groups is 1. The average Bonchev–Trinajstić information content (AvgIpc) is 3.32. The van der Waals surface area contributed by atoms with Crippen molar-refractivity contribution in [3.05, 3.63) is 0 Å². The van der Waals surface area contributed by atoms with Gasteiger partial charge in [-0.15, -0.1) is 0 Å². The molecular weight excluding hydrogens is 950 g/mol. The summed E-state index contributed by atoms with van der Waals surface area (Å²) in [4.78, 5) is 12.8. The Morgan fingerprint density at radius 3 is 1.30 bits per heavy atom. The van der Waals surface area contributed by atoms with Gasteiger partial charge >= 0.3 is 0 Å². The van der Waals surface area contributed by atoms with Crippen molar-refractivity contribution in [3.63, 3.8) is 0 Å². The van der Waals surface area contributed by atoms with E-state index in [1.54, 1.807) is 0 Å². The second-order valence-electron chi connectivity index (χ2n) is 17.5. The first-order valence-electron chi connectivity index (χ1n) is 22.0. The normalized spacial score (nSPS) is 52.1. The monoisotopic (exact) mass is 1020 g/mol.